The third-order valence-corrected chi connectivity index (χ3v) is 9.52. The lowest BCUT2D eigenvalue weighted by Gasteiger charge is -2.39. The first-order chi connectivity index (χ1) is 26.3. The van der Waals surface area contributed by atoms with Gasteiger partial charge in [0.05, 0.1) is 13.2 Å². The van der Waals surface area contributed by atoms with Crippen molar-refractivity contribution in [3.63, 3.8) is 0 Å². The summed E-state index contributed by atoms with van der Waals surface area (Å²) in [6.45, 7) is 3.32. The van der Waals surface area contributed by atoms with Crippen LogP contribution in [0.15, 0.2) is 42.2 Å². The number of ether oxygens (including phenoxy) is 4. The number of aliphatic hydroxyl groups excluding tert-OH is 4. The lowest BCUT2D eigenvalue weighted by atomic mass is 9.99. The van der Waals surface area contributed by atoms with Crippen molar-refractivity contribution in [1.82, 2.24) is 0 Å². The molecular weight excluding hydrogens is 688 g/mol. The van der Waals surface area contributed by atoms with Crippen LogP contribution in [0, 0.1) is 0 Å². The van der Waals surface area contributed by atoms with E-state index in [0.717, 1.165) is 83.5 Å². The van der Waals surface area contributed by atoms with Gasteiger partial charge < -0.3 is 39.4 Å². The molecule has 4 N–H and O–H groups in total. The second kappa shape index (κ2) is 35.1. The molecule has 1 aliphatic heterocycles. The van der Waals surface area contributed by atoms with Crippen molar-refractivity contribution < 1.29 is 49.0 Å². The Labute approximate surface area is 327 Å². The molecule has 0 aromatic rings. The minimum Gasteiger partial charge on any atom is -0.462 e. The third-order valence-electron chi connectivity index (χ3n) is 9.52. The second-order valence-electron chi connectivity index (χ2n) is 14.5. The number of carbonyl (C=O) groups is 2. The summed E-state index contributed by atoms with van der Waals surface area (Å²) < 4.78 is 22.1. The van der Waals surface area contributed by atoms with Gasteiger partial charge in [-0.3, -0.25) is 9.59 Å². The topological polar surface area (TPSA) is 152 Å². The Kier molecular flexibility index (Phi) is 32.4. The Hall–Kier alpha value is -2.30. The number of rotatable bonds is 34. The van der Waals surface area contributed by atoms with Crippen LogP contribution < -0.4 is 0 Å². The number of esters is 2. The predicted octanol–water partition coefficient (Wildman–Crippen LogP) is 8.48. The lowest BCUT2D eigenvalue weighted by Crippen LogP contribution is -2.59. The zero-order valence-corrected chi connectivity index (χ0v) is 33.8. The number of carbonyl (C=O) groups excluding carboxylic acids is 2. The zero-order valence-electron chi connectivity index (χ0n) is 33.8. The normalized spacial score (nSPS) is 20.6. The first-order valence-corrected chi connectivity index (χ1v) is 21.3. The maximum absolute atomic E-state index is 12.7. The summed E-state index contributed by atoms with van der Waals surface area (Å²) in [5, 5.41) is 40.0. The average molecular weight is 765 g/mol. The van der Waals surface area contributed by atoms with Crippen LogP contribution in [0.1, 0.15) is 168 Å². The molecule has 1 fully saturated rings. The third kappa shape index (κ3) is 26.5. The van der Waals surface area contributed by atoms with Crippen molar-refractivity contribution in [2.45, 2.75) is 205 Å². The Morgan fingerprint density at radius 2 is 1.17 bits per heavy atom. The van der Waals surface area contributed by atoms with Gasteiger partial charge in [-0.15, -0.1) is 5.73 Å². The number of hydrogen-bond donors (Lipinski definition) is 4. The van der Waals surface area contributed by atoms with Gasteiger partial charge in [0.25, 0.3) is 0 Å². The molecule has 0 aromatic carbocycles. The van der Waals surface area contributed by atoms with Crippen LogP contribution in [0.2, 0.25) is 0 Å². The summed E-state index contributed by atoms with van der Waals surface area (Å²) in [5.41, 5.74) is 3.29. The molecule has 0 aliphatic carbocycles. The van der Waals surface area contributed by atoms with Crippen molar-refractivity contribution in [2.75, 3.05) is 19.8 Å². The highest BCUT2D eigenvalue weighted by Crippen LogP contribution is 2.22. The quantitative estimate of drug-likeness (QED) is 0.0217. The van der Waals surface area contributed by atoms with E-state index in [2.05, 4.69) is 56.0 Å². The number of unbranched alkanes of at least 4 members (excludes halogenated alkanes) is 17. The minimum absolute atomic E-state index is 0.206. The van der Waals surface area contributed by atoms with Crippen molar-refractivity contribution >= 4 is 11.9 Å². The highest BCUT2D eigenvalue weighted by molar-refractivity contribution is 5.70. The molecule has 10 nitrogen and oxygen atoms in total. The molecule has 2 unspecified atom stereocenters. The molecule has 10 heteroatoms. The minimum atomic E-state index is -1.60. The molecule has 312 valence electrons. The monoisotopic (exact) mass is 765 g/mol. The van der Waals surface area contributed by atoms with E-state index in [1.807, 2.05) is 0 Å². The second-order valence-corrected chi connectivity index (χ2v) is 14.5. The van der Waals surface area contributed by atoms with Crippen LogP contribution in [0.3, 0.4) is 0 Å². The van der Waals surface area contributed by atoms with Gasteiger partial charge in [0.15, 0.2) is 12.4 Å². The molecular formula is C44H76O10. The van der Waals surface area contributed by atoms with Gasteiger partial charge in [-0.1, -0.05) is 115 Å². The number of aliphatic hydroxyl groups is 4. The summed E-state index contributed by atoms with van der Waals surface area (Å²) in [7, 11) is 0. The zero-order chi connectivity index (χ0) is 39.5. The molecule has 1 heterocycles. The van der Waals surface area contributed by atoms with Crippen molar-refractivity contribution in [1.29, 1.82) is 0 Å². The van der Waals surface area contributed by atoms with Crippen molar-refractivity contribution in [2.24, 2.45) is 0 Å². The van der Waals surface area contributed by atoms with E-state index in [-0.39, 0.29) is 26.1 Å². The largest absolute Gasteiger partial charge is 0.462 e. The molecule has 1 saturated heterocycles. The number of allylic oxidation sites excluding steroid dienone is 5. The summed E-state index contributed by atoms with van der Waals surface area (Å²) in [4.78, 5) is 25.3. The predicted molar refractivity (Wildman–Crippen MR) is 214 cm³/mol. The summed E-state index contributed by atoms with van der Waals surface area (Å²) >= 11 is 0. The molecule has 54 heavy (non-hydrogen) atoms. The Morgan fingerprint density at radius 1 is 0.630 bits per heavy atom. The van der Waals surface area contributed by atoms with Gasteiger partial charge in [-0.05, 0) is 76.4 Å². The lowest BCUT2D eigenvalue weighted by molar-refractivity contribution is -0.305. The van der Waals surface area contributed by atoms with Gasteiger partial charge in [0.1, 0.15) is 31.0 Å². The molecule has 0 spiro atoms. The fourth-order valence-corrected chi connectivity index (χ4v) is 6.06. The van der Waals surface area contributed by atoms with E-state index in [0.29, 0.717) is 12.8 Å². The molecule has 0 radical (unpaired) electrons. The van der Waals surface area contributed by atoms with E-state index >= 15 is 0 Å². The highest BCUT2D eigenvalue weighted by Gasteiger charge is 2.44. The van der Waals surface area contributed by atoms with Gasteiger partial charge in [0.2, 0.25) is 0 Å². The summed E-state index contributed by atoms with van der Waals surface area (Å²) in [5.74, 6) is -0.846. The van der Waals surface area contributed by atoms with Crippen LogP contribution in [0.25, 0.3) is 0 Å². The van der Waals surface area contributed by atoms with Crippen molar-refractivity contribution in [3.05, 3.63) is 42.2 Å². The Balaban J connectivity index is 2.39. The molecule has 0 aromatic heterocycles. The first-order valence-electron chi connectivity index (χ1n) is 21.3. The highest BCUT2D eigenvalue weighted by atomic mass is 16.7. The van der Waals surface area contributed by atoms with E-state index in [1.165, 1.54) is 44.9 Å². The molecule has 0 bridgehead atoms. The fraction of sp³-hybridized carbons (Fsp3) is 0.795. The van der Waals surface area contributed by atoms with Crippen LogP contribution in [-0.4, -0.2) is 89.0 Å². The molecule has 0 saturated carbocycles. The average Bonchev–Trinajstić information content (AvgIpc) is 3.17. The Bertz CT molecular complexity index is 1030. The molecule has 0 amide bonds. The maximum Gasteiger partial charge on any atom is 0.306 e. The summed E-state index contributed by atoms with van der Waals surface area (Å²) in [6.07, 6.45) is 29.2. The molecule has 6 atom stereocenters. The SMILES string of the molecule is CCCC/C=C/C/C=C/CCCCCCCC(=O)OC[C@H](CO[C@@H]1O[C@H](CO)[C@H](O)C(O)C1O)OC(=O)CCCCCCCC=C=CCCCCCCC. The maximum atomic E-state index is 12.7. The van der Waals surface area contributed by atoms with Crippen LogP contribution in [0.5, 0.6) is 0 Å². The van der Waals surface area contributed by atoms with Crippen LogP contribution in [0.4, 0.5) is 0 Å². The fourth-order valence-electron chi connectivity index (χ4n) is 6.06. The van der Waals surface area contributed by atoms with Gasteiger partial charge in [-0.2, -0.15) is 0 Å². The van der Waals surface area contributed by atoms with E-state index in [9.17, 15) is 30.0 Å². The van der Waals surface area contributed by atoms with E-state index in [4.69, 9.17) is 18.9 Å². The summed E-state index contributed by atoms with van der Waals surface area (Å²) in [6, 6.07) is 0. The molecule has 1 aliphatic rings. The number of hydrogen-bond acceptors (Lipinski definition) is 10. The molecule has 1 rings (SSSR count). The standard InChI is InChI=1S/C44H76O10/c1-3-5-7-9-11-13-15-17-19-21-23-25-27-29-31-33-40(47)53-37(36-52-44-43(50)42(49)41(48)38(34-45)54-44)35-51-39(46)32-30-28-26-24-22-20-18-16-14-12-10-8-6-4-2/h10,12,15-16,18-19,37-38,41-45,48-50H,3-9,11,13-14,20-36H2,1-2H3/b12-10+,18-16+/t17?,37-,38-,41+,42?,43?,44-/m1/s1. The first kappa shape index (κ1) is 49.7. The van der Waals surface area contributed by atoms with E-state index in [1.54, 1.807) is 0 Å². The van der Waals surface area contributed by atoms with Crippen LogP contribution in [-0.2, 0) is 28.5 Å². The smallest absolute Gasteiger partial charge is 0.306 e. The van der Waals surface area contributed by atoms with Gasteiger partial charge in [-0.25, -0.2) is 0 Å². The van der Waals surface area contributed by atoms with Gasteiger partial charge >= 0.3 is 11.9 Å². The Morgan fingerprint density at radius 3 is 1.78 bits per heavy atom. The van der Waals surface area contributed by atoms with E-state index < -0.39 is 55.4 Å². The van der Waals surface area contributed by atoms with Gasteiger partial charge in [0, 0.05) is 12.8 Å². The van der Waals surface area contributed by atoms with Crippen molar-refractivity contribution in [3.8, 4) is 0 Å². The van der Waals surface area contributed by atoms with Crippen LogP contribution >= 0.6 is 0 Å².